The van der Waals surface area contributed by atoms with Gasteiger partial charge in [0.1, 0.15) is 5.71 Å². The number of hydrazone groups is 1. The van der Waals surface area contributed by atoms with E-state index in [2.05, 4.69) is 10.5 Å². The quantitative estimate of drug-likeness (QED) is 0.506. The first-order valence-electron chi connectivity index (χ1n) is 5.84. The van der Waals surface area contributed by atoms with E-state index in [1.165, 1.54) is 0 Å². The summed E-state index contributed by atoms with van der Waals surface area (Å²) in [6.07, 6.45) is 0.495. The van der Waals surface area contributed by atoms with Crippen molar-refractivity contribution in [2.24, 2.45) is 5.10 Å². The summed E-state index contributed by atoms with van der Waals surface area (Å²) in [7, 11) is 0. The van der Waals surface area contributed by atoms with E-state index in [0.29, 0.717) is 29.4 Å². The Balaban J connectivity index is 2.83. The first-order valence-corrected chi connectivity index (χ1v) is 6.22. The summed E-state index contributed by atoms with van der Waals surface area (Å²) in [6.45, 7) is 5.84. The van der Waals surface area contributed by atoms with Gasteiger partial charge in [-0.05, 0) is 31.9 Å². The number of carbonyl (C=O) groups excluding carboxylic acids is 1. The van der Waals surface area contributed by atoms with E-state index in [1.807, 2.05) is 26.0 Å². The highest BCUT2D eigenvalue weighted by atomic mass is 35.5. The predicted octanol–water partition coefficient (Wildman–Crippen LogP) is 3.39. The Morgan fingerprint density at radius 1 is 1.44 bits per heavy atom. The van der Waals surface area contributed by atoms with Gasteiger partial charge in [0, 0.05) is 0 Å². The van der Waals surface area contributed by atoms with Crippen molar-refractivity contribution in [2.45, 2.75) is 27.2 Å². The molecule has 0 aliphatic rings. The number of nitrogens with zero attached hydrogens (tertiary/aromatic N) is 1. The van der Waals surface area contributed by atoms with E-state index in [4.69, 9.17) is 16.3 Å². The van der Waals surface area contributed by atoms with E-state index in [0.717, 1.165) is 5.56 Å². The molecule has 98 valence electrons. The van der Waals surface area contributed by atoms with Gasteiger partial charge in [0.15, 0.2) is 0 Å². The number of anilines is 1. The van der Waals surface area contributed by atoms with E-state index >= 15 is 0 Å². The number of nitrogens with one attached hydrogen (secondary N) is 1. The number of esters is 1. The van der Waals surface area contributed by atoms with Gasteiger partial charge in [0.05, 0.1) is 17.3 Å². The Hall–Kier alpha value is -1.55. The number of aryl methyl sites for hydroxylation is 1. The maximum Gasteiger partial charge on any atom is 0.354 e. The lowest BCUT2D eigenvalue weighted by molar-refractivity contribution is -0.135. The zero-order chi connectivity index (χ0) is 13.5. The highest BCUT2D eigenvalue weighted by molar-refractivity contribution is 6.36. The fourth-order valence-corrected chi connectivity index (χ4v) is 1.51. The van der Waals surface area contributed by atoms with Crippen LogP contribution in [0, 0.1) is 6.92 Å². The Morgan fingerprint density at radius 2 is 2.17 bits per heavy atom. The van der Waals surface area contributed by atoms with Crippen LogP contribution in [0.4, 0.5) is 5.69 Å². The minimum atomic E-state index is -0.406. The summed E-state index contributed by atoms with van der Waals surface area (Å²) in [6, 6.07) is 5.58. The second-order valence-corrected chi connectivity index (χ2v) is 4.06. The third kappa shape index (κ3) is 3.74. The van der Waals surface area contributed by atoms with Crippen molar-refractivity contribution in [1.29, 1.82) is 0 Å². The van der Waals surface area contributed by atoms with Crippen LogP contribution < -0.4 is 5.43 Å². The molecular formula is C13H17ClN2O2. The molecule has 4 nitrogen and oxygen atoms in total. The Morgan fingerprint density at radius 3 is 2.78 bits per heavy atom. The van der Waals surface area contributed by atoms with Crippen LogP contribution in [0.5, 0.6) is 0 Å². The van der Waals surface area contributed by atoms with Crippen LogP contribution >= 0.6 is 11.6 Å². The van der Waals surface area contributed by atoms with Crippen molar-refractivity contribution in [3.63, 3.8) is 0 Å². The summed E-state index contributed by atoms with van der Waals surface area (Å²) in [5.41, 5.74) is 4.76. The molecule has 0 fully saturated rings. The minimum Gasteiger partial charge on any atom is -0.461 e. The molecule has 1 rings (SSSR count). The number of benzene rings is 1. The number of ether oxygens (including phenoxy) is 1. The van der Waals surface area contributed by atoms with Gasteiger partial charge >= 0.3 is 5.97 Å². The van der Waals surface area contributed by atoms with Crippen LogP contribution in [-0.2, 0) is 9.53 Å². The molecule has 1 N–H and O–H groups in total. The Labute approximate surface area is 112 Å². The maximum absolute atomic E-state index is 11.5. The lowest BCUT2D eigenvalue weighted by Crippen LogP contribution is -2.18. The highest BCUT2D eigenvalue weighted by Crippen LogP contribution is 2.24. The molecule has 0 saturated carbocycles. The first-order chi connectivity index (χ1) is 8.60. The van der Waals surface area contributed by atoms with E-state index < -0.39 is 5.97 Å². The second-order valence-electron chi connectivity index (χ2n) is 3.68. The SMILES string of the molecule is CCOC(=O)/C(CC)=N/Nc1cccc(C)c1Cl. The summed E-state index contributed by atoms with van der Waals surface area (Å²) >= 11 is 6.11. The molecule has 0 heterocycles. The molecule has 0 aromatic heterocycles. The van der Waals surface area contributed by atoms with Crippen molar-refractivity contribution in [1.82, 2.24) is 0 Å². The van der Waals surface area contributed by atoms with Crippen LogP contribution in [0.25, 0.3) is 0 Å². The van der Waals surface area contributed by atoms with Crippen molar-refractivity contribution in [3.8, 4) is 0 Å². The third-order valence-electron chi connectivity index (χ3n) is 2.35. The number of hydrogen-bond acceptors (Lipinski definition) is 4. The van der Waals surface area contributed by atoms with Gasteiger partial charge in [-0.25, -0.2) is 4.79 Å². The minimum absolute atomic E-state index is 0.336. The molecule has 0 radical (unpaired) electrons. The molecular weight excluding hydrogens is 252 g/mol. The molecule has 0 aliphatic heterocycles. The zero-order valence-corrected chi connectivity index (χ0v) is 11.5. The fourth-order valence-electron chi connectivity index (χ4n) is 1.34. The molecule has 1 aromatic carbocycles. The standard InChI is InChI=1S/C13H17ClN2O2/c1-4-10(13(17)18-5-2)15-16-11-8-6-7-9(3)12(11)14/h6-8,16H,4-5H2,1-3H3/b15-10+. The number of carbonyl (C=O) groups is 1. The lowest BCUT2D eigenvalue weighted by Gasteiger charge is -2.07. The van der Waals surface area contributed by atoms with E-state index in [1.54, 1.807) is 13.0 Å². The normalized spacial score (nSPS) is 11.2. The van der Waals surface area contributed by atoms with Gasteiger partial charge in [-0.1, -0.05) is 30.7 Å². The van der Waals surface area contributed by atoms with Crippen LogP contribution in [0.1, 0.15) is 25.8 Å². The molecule has 0 spiro atoms. The number of rotatable bonds is 5. The highest BCUT2D eigenvalue weighted by Gasteiger charge is 2.10. The molecule has 1 aromatic rings. The monoisotopic (exact) mass is 268 g/mol. The van der Waals surface area contributed by atoms with Gasteiger partial charge in [-0.2, -0.15) is 5.10 Å². The molecule has 0 bridgehead atoms. The van der Waals surface area contributed by atoms with Gasteiger partial charge in [0.25, 0.3) is 0 Å². The second kappa shape index (κ2) is 7.01. The predicted molar refractivity (Wildman–Crippen MR) is 74.2 cm³/mol. The van der Waals surface area contributed by atoms with Gasteiger partial charge < -0.3 is 4.74 Å². The molecule has 5 heteroatoms. The van der Waals surface area contributed by atoms with Gasteiger partial charge in [0.2, 0.25) is 0 Å². The lowest BCUT2D eigenvalue weighted by atomic mass is 10.2. The van der Waals surface area contributed by atoms with Crippen molar-refractivity contribution < 1.29 is 9.53 Å². The molecule has 0 saturated heterocycles. The van der Waals surface area contributed by atoms with Crippen LogP contribution in [0.15, 0.2) is 23.3 Å². The van der Waals surface area contributed by atoms with Gasteiger partial charge in [-0.3, -0.25) is 5.43 Å². The summed E-state index contributed by atoms with van der Waals surface area (Å²) < 4.78 is 4.89. The van der Waals surface area contributed by atoms with Crippen molar-refractivity contribution in [3.05, 3.63) is 28.8 Å². The van der Waals surface area contributed by atoms with Crippen LogP contribution in [0.3, 0.4) is 0 Å². The summed E-state index contributed by atoms with van der Waals surface area (Å²) in [5, 5.41) is 4.64. The van der Waals surface area contributed by atoms with Gasteiger partial charge in [-0.15, -0.1) is 0 Å². The smallest absolute Gasteiger partial charge is 0.354 e. The molecule has 0 unspecified atom stereocenters. The maximum atomic E-state index is 11.5. The summed E-state index contributed by atoms with van der Waals surface area (Å²) in [5.74, 6) is -0.406. The molecule has 0 aliphatic carbocycles. The van der Waals surface area contributed by atoms with Crippen LogP contribution in [0.2, 0.25) is 5.02 Å². The fraction of sp³-hybridized carbons (Fsp3) is 0.385. The zero-order valence-electron chi connectivity index (χ0n) is 10.8. The largest absolute Gasteiger partial charge is 0.461 e. The number of hydrogen-bond donors (Lipinski definition) is 1. The Bertz CT molecular complexity index is 458. The molecule has 18 heavy (non-hydrogen) atoms. The summed E-state index contributed by atoms with van der Waals surface area (Å²) in [4.78, 5) is 11.5. The molecule has 0 atom stereocenters. The van der Waals surface area contributed by atoms with Crippen LogP contribution in [-0.4, -0.2) is 18.3 Å². The van der Waals surface area contributed by atoms with Crippen molar-refractivity contribution >= 4 is 29.0 Å². The average Bonchev–Trinajstić information content (AvgIpc) is 2.35. The number of halogens is 1. The molecule has 0 amide bonds. The van der Waals surface area contributed by atoms with Crippen molar-refractivity contribution in [2.75, 3.05) is 12.0 Å². The third-order valence-corrected chi connectivity index (χ3v) is 2.85. The first kappa shape index (κ1) is 14.5. The topological polar surface area (TPSA) is 50.7 Å². The van der Waals surface area contributed by atoms with E-state index in [-0.39, 0.29) is 0 Å². The Kier molecular flexibility index (Phi) is 5.65. The average molecular weight is 269 g/mol. The van der Waals surface area contributed by atoms with E-state index in [9.17, 15) is 4.79 Å².